The van der Waals surface area contributed by atoms with Crippen molar-refractivity contribution < 1.29 is 9.84 Å². The number of methoxy groups -OCH3 is 1. The summed E-state index contributed by atoms with van der Waals surface area (Å²) in [6.45, 7) is 3.80. The van der Waals surface area contributed by atoms with Crippen LogP contribution >= 0.6 is 0 Å². The first-order valence-electron chi connectivity index (χ1n) is 4.62. The molecule has 0 radical (unpaired) electrons. The molecule has 1 saturated carbocycles. The van der Waals surface area contributed by atoms with E-state index in [-0.39, 0.29) is 6.10 Å². The molecule has 1 fully saturated rings. The SMILES string of the molecule is C=C(C[C@H]1CC[C@@H](O)CC1)OC. The van der Waals surface area contributed by atoms with E-state index in [1.807, 2.05) is 0 Å². The average Bonchev–Trinajstić information content (AvgIpc) is 2.09. The minimum Gasteiger partial charge on any atom is -0.502 e. The zero-order valence-corrected chi connectivity index (χ0v) is 7.75. The molecule has 1 N–H and O–H groups in total. The summed E-state index contributed by atoms with van der Waals surface area (Å²) in [5.41, 5.74) is 0. The van der Waals surface area contributed by atoms with Crippen LogP contribution in [-0.2, 0) is 4.74 Å². The molecule has 0 aromatic rings. The summed E-state index contributed by atoms with van der Waals surface area (Å²) in [5, 5.41) is 9.26. The molecule has 0 saturated heterocycles. The summed E-state index contributed by atoms with van der Waals surface area (Å²) >= 11 is 0. The highest BCUT2D eigenvalue weighted by atomic mass is 16.5. The summed E-state index contributed by atoms with van der Waals surface area (Å²) in [5.74, 6) is 1.55. The third-order valence-electron chi connectivity index (χ3n) is 2.62. The van der Waals surface area contributed by atoms with Crippen LogP contribution in [0.1, 0.15) is 32.1 Å². The van der Waals surface area contributed by atoms with Gasteiger partial charge in [-0.2, -0.15) is 0 Å². The fourth-order valence-corrected chi connectivity index (χ4v) is 1.75. The van der Waals surface area contributed by atoms with Crippen molar-refractivity contribution in [2.24, 2.45) is 5.92 Å². The van der Waals surface area contributed by atoms with E-state index < -0.39 is 0 Å². The molecular formula is C10H18O2. The first-order chi connectivity index (χ1) is 5.72. The van der Waals surface area contributed by atoms with E-state index in [0.29, 0.717) is 5.92 Å². The minimum atomic E-state index is -0.0583. The van der Waals surface area contributed by atoms with Crippen LogP contribution in [0.2, 0.25) is 0 Å². The maximum Gasteiger partial charge on any atom is 0.0886 e. The monoisotopic (exact) mass is 170 g/mol. The number of rotatable bonds is 3. The summed E-state index contributed by atoms with van der Waals surface area (Å²) in [7, 11) is 1.67. The molecule has 0 amide bonds. The number of hydrogen-bond acceptors (Lipinski definition) is 2. The highest BCUT2D eigenvalue weighted by Crippen LogP contribution is 2.28. The van der Waals surface area contributed by atoms with Crippen molar-refractivity contribution in [1.29, 1.82) is 0 Å². The normalized spacial score (nSPS) is 29.8. The lowest BCUT2D eigenvalue weighted by Gasteiger charge is -2.25. The number of aliphatic hydroxyl groups excluding tert-OH is 1. The van der Waals surface area contributed by atoms with Gasteiger partial charge >= 0.3 is 0 Å². The molecule has 2 heteroatoms. The number of hydrogen-bond donors (Lipinski definition) is 1. The molecule has 0 aliphatic heterocycles. The van der Waals surface area contributed by atoms with Crippen molar-refractivity contribution >= 4 is 0 Å². The molecule has 0 unspecified atom stereocenters. The van der Waals surface area contributed by atoms with Crippen molar-refractivity contribution in [3.8, 4) is 0 Å². The highest BCUT2D eigenvalue weighted by Gasteiger charge is 2.19. The van der Waals surface area contributed by atoms with Crippen LogP contribution in [0.5, 0.6) is 0 Å². The maximum absolute atomic E-state index is 9.26. The zero-order chi connectivity index (χ0) is 8.97. The van der Waals surface area contributed by atoms with Crippen molar-refractivity contribution in [2.45, 2.75) is 38.2 Å². The van der Waals surface area contributed by atoms with Gasteiger partial charge < -0.3 is 9.84 Å². The third-order valence-corrected chi connectivity index (χ3v) is 2.62. The molecular weight excluding hydrogens is 152 g/mol. The predicted octanol–water partition coefficient (Wildman–Crippen LogP) is 2.09. The molecule has 1 aliphatic carbocycles. The maximum atomic E-state index is 9.26. The molecule has 1 rings (SSSR count). The smallest absolute Gasteiger partial charge is 0.0886 e. The predicted molar refractivity (Wildman–Crippen MR) is 48.7 cm³/mol. The van der Waals surface area contributed by atoms with E-state index in [1.165, 1.54) is 0 Å². The van der Waals surface area contributed by atoms with Crippen molar-refractivity contribution in [3.05, 3.63) is 12.3 Å². The van der Waals surface area contributed by atoms with Gasteiger partial charge in [-0.3, -0.25) is 0 Å². The Bertz CT molecular complexity index is 146. The van der Waals surface area contributed by atoms with Gasteiger partial charge in [0.1, 0.15) is 0 Å². The van der Waals surface area contributed by atoms with E-state index >= 15 is 0 Å². The average molecular weight is 170 g/mol. The minimum absolute atomic E-state index is 0.0583. The Labute approximate surface area is 74.2 Å². The number of allylic oxidation sites excluding steroid dienone is 1. The van der Waals surface area contributed by atoms with Gasteiger partial charge in [0.25, 0.3) is 0 Å². The van der Waals surface area contributed by atoms with Crippen LogP contribution in [0.3, 0.4) is 0 Å². The molecule has 70 valence electrons. The van der Waals surface area contributed by atoms with E-state index in [1.54, 1.807) is 7.11 Å². The van der Waals surface area contributed by atoms with Gasteiger partial charge in [0.2, 0.25) is 0 Å². The lowest BCUT2D eigenvalue weighted by molar-refractivity contribution is 0.104. The van der Waals surface area contributed by atoms with Gasteiger partial charge in [-0.25, -0.2) is 0 Å². The van der Waals surface area contributed by atoms with Crippen LogP contribution in [0.4, 0.5) is 0 Å². The topological polar surface area (TPSA) is 29.5 Å². The molecule has 0 bridgehead atoms. The lowest BCUT2D eigenvalue weighted by atomic mass is 9.85. The second-order valence-electron chi connectivity index (χ2n) is 3.62. The molecule has 0 aromatic heterocycles. The molecule has 0 atom stereocenters. The fraction of sp³-hybridized carbons (Fsp3) is 0.800. The quantitative estimate of drug-likeness (QED) is 0.657. The molecule has 12 heavy (non-hydrogen) atoms. The van der Waals surface area contributed by atoms with Crippen molar-refractivity contribution in [1.82, 2.24) is 0 Å². The van der Waals surface area contributed by atoms with E-state index in [0.717, 1.165) is 37.9 Å². The van der Waals surface area contributed by atoms with Crippen molar-refractivity contribution in [2.75, 3.05) is 7.11 Å². The summed E-state index contributed by atoms with van der Waals surface area (Å²) in [6, 6.07) is 0. The summed E-state index contributed by atoms with van der Waals surface area (Å²) in [6.07, 6.45) is 5.02. The summed E-state index contributed by atoms with van der Waals surface area (Å²) < 4.78 is 5.02. The van der Waals surface area contributed by atoms with Crippen molar-refractivity contribution in [3.63, 3.8) is 0 Å². The van der Waals surface area contributed by atoms with E-state index in [4.69, 9.17) is 4.74 Å². The zero-order valence-electron chi connectivity index (χ0n) is 7.75. The fourth-order valence-electron chi connectivity index (χ4n) is 1.75. The number of aliphatic hydroxyl groups is 1. The van der Waals surface area contributed by atoms with Crippen LogP contribution in [0.25, 0.3) is 0 Å². The Balaban J connectivity index is 2.21. The Hall–Kier alpha value is -0.500. The first-order valence-corrected chi connectivity index (χ1v) is 4.62. The Kier molecular flexibility index (Phi) is 3.60. The standard InChI is InChI=1S/C10H18O2/c1-8(12-2)7-9-3-5-10(11)6-4-9/h9-11H,1,3-7H2,2H3/t9-,10+. The molecule has 2 nitrogen and oxygen atoms in total. The second kappa shape index (κ2) is 4.51. The Morgan fingerprint density at radius 2 is 2.00 bits per heavy atom. The molecule has 1 aliphatic rings. The van der Waals surface area contributed by atoms with Gasteiger partial charge in [-0.05, 0) is 31.6 Å². The van der Waals surface area contributed by atoms with Gasteiger partial charge in [-0.1, -0.05) is 6.58 Å². The first kappa shape index (κ1) is 9.59. The van der Waals surface area contributed by atoms with E-state index in [2.05, 4.69) is 6.58 Å². The van der Waals surface area contributed by atoms with Gasteiger partial charge in [-0.15, -0.1) is 0 Å². The van der Waals surface area contributed by atoms with Gasteiger partial charge in [0.15, 0.2) is 0 Å². The van der Waals surface area contributed by atoms with Crippen LogP contribution in [-0.4, -0.2) is 18.3 Å². The molecule has 0 spiro atoms. The van der Waals surface area contributed by atoms with Crippen LogP contribution in [0, 0.1) is 5.92 Å². The van der Waals surface area contributed by atoms with Gasteiger partial charge in [0.05, 0.1) is 19.0 Å². The van der Waals surface area contributed by atoms with Gasteiger partial charge in [0, 0.05) is 6.42 Å². The highest BCUT2D eigenvalue weighted by molar-refractivity contribution is 4.86. The van der Waals surface area contributed by atoms with E-state index in [9.17, 15) is 5.11 Å². The largest absolute Gasteiger partial charge is 0.502 e. The molecule has 0 aromatic carbocycles. The second-order valence-corrected chi connectivity index (χ2v) is 3.62. The third kappa shape index (κ3) is 2.86. The Morgan fingerprint density at radius 3 is 2.50 bits per heavy atom. The molecule has 0 heterocycles. The Morgan fingerprint density at radius 1 is 1.42 bits per heavy atom. The lowest BCUT2D eigenvalue weighted by Crippen LogP contribution is -2.18. The van der Waals surface area contributed by atoms with Crippen LogP contribution < -0.4 is 0 Å². The summed E-state index contributed by atoms with van der Waals surface area (Å²) in [4.78, 5) is 0. The number of ether oxygens (including phenoxy) is 1. The van der Waals surface area contributed by atoms with Crippen LogP contribution in [0.15, 0.2) is 12.3 Å².